The number of benzene rings is 2. The van der Waals surface area contributed by atoms with Crippen LogP contribution in [0.25, 0.3) is 0 Å². The van der Waals surface area contributed by atoms with Crippen molar-refractivity contribution in [2.45, 2.75) is 87.5 Å². The summed E-state index contributed by atoms with van der Waals surface area (Å²) in [5.41, 5.74) is 0.826. The van der Waals surface area contributed by atoms with Crippen LogP contribution in [0, 0.1) is 0 Å². The number of amides is 2. The zero-order valence-corrected chi connectivity index (χ0v) is 22.7. The van der Waals surface area contributed by atoms with Crippen LogP contribution >= 0.6 is 0 Å². The first-order chi connectivity index (χ1) is 18.7. The Hall–Kier alpha value is -2.94. The molecule has 1 saturated heterocycles. The molecular formula is C30H38F3N3O3. The van der Waals surface area contributed by atoms with Gasteiger partial charge in [-0.3, -0.25) is 4.90 Å². The quantitative estimate of drug-likeness (QED) is 0.422. The van der Waals surface area contributed by atoms with Crippen LogP contribution in [0.4, 0.5) is 23.7 Å². The molecule has 2 N–H and O–H groups in total. The monoisotopic (exact) mass is 545 g/mol. The highest BCUT2D eigenvalue weighted by atomic mass is 19.4. The smallest absolute Gasteiger partial charge is 0.416 e. The highest BCUT2D eigenvalue weighted by molar-refractivity contribution is 5.89. The van der Waals surface area contributed by atoms with Gasteiger partial charge in [-0.25, -0.2) is 4.79 Å². The lowest BCUT2D eigenvalue weighted by Gasteiger charge is -2.47. The number of carbonyl (C=O) groups excluding carboxylic acids is 1. The largest absolute Gasteiger partial charge is 0.493 e. The Morgan fingerprint density at radius 1 is 0.949 bits per heavy atom. The molecule has 3 fully saturated rings. The van der Waals surface area contributed by atoms with E-state index in [1.807, 2.05) is 6.07 Å². The van der Waals surface area contributed by atoms with E-state index in [-0.39, 0.29) is 23.5 Å². The molecule has 1 aliphatic heterocycles. The number of rotatable bonds is 6. The Morgan fingerprint density at radius 3 is 2.33 bits per heavy atom. The van der Waals surface area contributed by atoms with Crippen molar-refractivity contribution < 1.29 is 27.4 Å². The summed E-state index contributed by atoms with van der Waals surface area (Å²) in [4.78, 5) is 15.6. The van der Waals surface area contributed by atoms with E-state index in [9.17, 15) is 18.0 Å². The molecule has 2 aromatic carbocycles. The molecule has 0 aromatic heterocycles. The van der Waals surface area contributed by atoms with Gasteiger partial charge in [-0.1, -0.05) is 25.3 Å². The van der Waals surface area contributed by atoms with Crippen molar-refractivity contribution in [2.24, 2.45) is 0 Å². The lowest BCUT2D eigenvalue weighted by atomic mass is 9.64. The van der Waals surface area contributed by atoms with Gasteiger partial charge < -0.3 is 20.1 Å². The molecule has 2 amide bonds. The van der Waals surface area contributed by atoms with Gasteiger partial charge in [0.2, 0.25) is 0 Å². The third kappa shape index (κ3) is 5.69. The number of methoxy groups -OCH3 is 2. The topological polar surface area (TPSA) is 62.8 Å². The van der Waals surface area contributed by atoms with Crippen molar-refractivity contribution in [3.63, 3.8) is 0 Å². The molecular weight excluding hydrogens is 507 g/mol. The number of carbonyl (C=O) groups is 1. The molecule has 6 nitrogen and oxygen atoms in total. The third-order valence-corrected chi connectivity index (χ3v) is 9.11. The van der Waals surface area contributed by atoms with E-state index in [1.54, 1.807) is 14.2 Å². The van der Waals surface area contributed by atoms with Gasteiger partial charge in [-0.05, 0) is 87.0 Å². The molecule has 0 bridgehead atoms. The first kappa shape index (κ1) is 27.6. The molecule has 2 aliphatic carbocycles. The van der Waals surface area contributed by atoms with Gasteiger partial charge in [0.25, 0.3) is 0 Å². The summed E-state index contributed by atoms with van der Waals surface area (Å²) in [5.74, 6) is 1.45. The summed E-state index contributed by atoms with van der Waals surface area (Å²) in [6, 6.07) is 11.2. The Morgan fingerprint density at radius 2 is 1.67 bits per heavy atom. The fourth-order valence-electron chi connectivity index (χ4n) is 7.14. The van der Waals surface area contributed by atoms with Crippen LogP contribution in [0.5, 0.6) is 11.5 Å². The highest BCUT2D eigenvalue weighted by Crippen LogP contribution is 2.51. The summed E-state index contributed by atoms with van der Waals surface area (Å²) in [6.45, 7) is 1.04. The predicted octanol–water partition coefficient (Wildman–Crippen LogP) is 6.74. The minimum atomic E-state index is -4.41. The van der Waals surface area contributed by atoms with Gasteiger partial charge in [-0.15, -0.1) is 0 Å². The van der Waals surface area contributed by atoms with E-state index >= 15 is 0 Å². The van der Waals surface area contributed by atoms with Crippen molar-refractivity contribution >= 4 is 11.7 Å². The molecule has 39 heavy (non-hydrogen) atoms. The van der Waals surface area contributed by atoms with E-state index in [0.29, 0.717) is 17.5 Å². The molecule has 2 saturated carbocycles. The summed E-state index contributed by atoms with van der Waals surface area (Å²) in [5, 5.41) is 5.82. The number of anilines is 1. The fourth-order valence-corrected chi connectivity index (χ4v) is 7.14. The number of halogens is 3. The molecule has 9 heteroatoms. The van der Waals surface area contributed by atoms with Crippen molar-refractivity contribution in [3.05, 3.63) is 53.6 Å². The van der Waals surface area contributed by atoms with Crippen molar-refractivity contribution in [1.82, 2.24) is 10.2 Å². The maximum Gasteiger partial charge on any atom is 0.416 e. The molecule has 5 rings (SSSR count). The standard InChI is InChI=1S/C30H38F3N3O3/c1-38-25-13-10-21(18-26(25)39-2)29-15-14-23(19-27(29)36(17-16-29)24-6-4-3-5-7-24)35-28(37)34-22-11-8-20(9-12-22)30(31,32)33/h8-13,18,23-24,27H,3-7,14-17,19H2,1-2H3,(H2,34,35,37). The van der Waals surface area contributed by atoms with Crippen LogP contribution in [0.15, 0.2) is 42.5 Å². The molecule has 3 atom stereocenters. The van der Waals surface area contributed by atoms with Crippen molar-refractivity contribution in [2.75, 3.05) is 26.1 Å². The van der Waals surface area contributed by atoms with E-state index in [0.717, 1.165) is 50.1 Å². The Labute approximate surface area is 228 Å². The van der Waals surface area contributed by atoms with Gasteiger partial charge >= 0.3 is 12.2 Å². The predicted molar refractivity (Wildman–Crippen MR) is 144 cm³/mol. The lowest BCUT2D eigenvalue weighted by molar-refractivity contribution is -0.137. The summed E-state index contributed by atoms with van der Waals surface area (Å²) in [7, 11) is 3.31. The number of likely N-dealkylation sites (tertiary alicyclic amines) is 1. The van der Waals surface area contributed by atoms with Crippen LogP contribution in [0.3, 0.4) is 0 Å². The SMILES string of the molecule is COc1ccc(C23CCC(NC(=O)Nc4ccc(C(F)(F)F)cc4)CC2N(C2CCCCC2)CC3)cc1OC. The number of fused-ring (bicyclic) bond motifs is 1. The fraction of sp³-hybridized carbons (Fsp3) is 0.567. The van der Waals surface area contributed by atoms with Crippen LogP contribution in [-0.4, -0.2) is 49.8 Å². The highest BCUT2D eigenvalue weighted by Gasteiger charge is 2.53. The summed E-state index contributed by atoms with van der Waals surface area (Å²) in [6.07, 6.45) is 5.47. The van der Waals surface area contributed by atoms with Crippen LogP contribution in [0.1, 0.15) is 68.9 Å². The van der Waals surface area contributed by atoms with E-state index in [2.05, 4.69) is 27.7 Å². The zero-order chi connectivity index (χ0) is 27.6. The number of nitrogens with one attached hydrogen (secondary N) is 2. The molecule has 0 radical (unpaired) electrons. The van der Waals surface area contributed by atoms with E-state index in [4.69, 9.17) is 9.47 Å². The average Bonchev–Trinajstić information content (AvgIpc) is 3.33. The zero-order valence-electron chi connectivity index (χ0n) is 22.7. The molecule has 3 unspecified atom stereocenters. The number of nitrogens with zero attached hydrogens (tertiary/aromatic N) is 1. The minimum Gasteiger partial charge on any atom is -0.493 e. The summed E-state index contributed by atoms with van der Waals surface area (Å²) < 4.78 is 49.8. The number of urea groups is 1. The third-order valence-electron chi connectivity index (χ3n) is 9.11. The normalized spacial score (nSPS) is 26.1. The van der Waals surface area contributed by atoms with Crippen LogP contribution in [-0.2, 0) is 11.6 Å². The first-order valence-corrected chi connectivity index (χ1v) is 14.0. The van der Waals surface area contributed by atoms with Crippen molar-refractivity contribution in [3.8, 4) is 11.5 Å². The number of ether oxygens (including phenoxy) is 2. The minimum absolute atomic E-state index is 0.0260. The maximum absolute atomic E-state index is 12.9. The van der Waals surface area contributed by atoms with Gasteiger partial charge in [0, 0.05) is 29.2 Å². The Balaban J connectivity index is 1.33. The van der Waals surface area contributed by atoms with E-state index in [1.165, 1.54) is 49.8 Å². The van der Waals surface area contributed by atoms with Crippen molar-refractivity contribution in [1.29, 1.82) is 0 Å². The van der Waals surface area contributed by atoms with Gasteiger partial charge in [0.1, 0.15) is 0 Å². The second kappa shape index (κ2) is 11.3. The van der Waals surface area contributed by atoms with Crippen LogP contribution in [0.2, 0.25) is 0 Å². The summed E-state index contributed by atoms with van der Waals surface area (Å²) >= 11 is 0. The lowest BCUT2D eigenvalue weighted by Crippen LogP contribution is -2.55. The van der Waals surface area contributed by atoms with Gasteiger partial charge in [0.15, 0.2) is 11.5 Å². The number of alkyl halides is 3. The maximum atomic E-state index is 12.9. The molecule has 0 spiro atoms. The Bertz CT molecular complexity index is 1150. The first-order valence-electron chi connectivity index (χ1n) is 14.0. The second-order valence-corrected chi connectivity index (χ2v) is 11.2. The Kier molecular flexibility index (Phi) is 7.99. The van der Waals surface area contributed by atoms with E-state index < -0.39 is 11.7 Å². The number of hydrogen-bond acceptors (Lipinski definition) is 4. The van der Waals surface area contributed by atoms with Crippen LogP contribution < -0.4 is 20.1 Å². The average molecular weight is 546 g/mol. The molecule has 3 aliphatic rings. The molecule has 2 aromatic rings. The van der Waals surface area contributed by atoms with Gasteiger partial charge in [-0.2, -0.15) is 13.2 Å². The number of hydrogen-bond donors (Lipinski definition) is 2. The second-order valence-electron chi connectivity index (χ2n) is 11.2. The molecule has 1 heterocycles. The molecule has 212 valence electrons. The van der Waals surface area contributed by atoms with Gasteiger partial charge in [0.05, 0.1) is 19.8 Å².